The minimum atomic E-state index is -0.972. The van der Waals surface area contributed by atoms with Crippen LogP contribution >= 0.6 is 0 Å². The number of nitrogens with zero attached hydrogens (tertiary/aromatic N) is 1. The first-order valence-electron chi connectivity index (χ1n) is 6.86. The molecule has 0 amide bonds. The predicted molar refractivity (Wildman–Crippen MR) is 66.7 cm³/mol. The fourth-order valence-corrected chi connectivity index (χ4v) is 3.60. The normalized spacial score (nSPS) is 28.7. The van der Waals surface area contributed by atoms with Crippen molar-refractivity contribution in [2.75, 3.05) is 19.6 Å². The zero-order valence-corrected chi connectivity index (χ0v) is 10.8. The van der Waals surface area contributed by atoms with E-state index in [1.54, 1.807) is 6.07 Å². The van der Waals surface area contributed by atoms with Crippen molar-refractivity contribution in [2.45, 2.75) is 25.3 Å². The molecule has 1 saturated heterocycles. The zero-order chi connectivity index (χ0) is 13.4. The molecule has 3 unspecified atom stereocenters. The SMILES string of the molecule is O=C([O-])CC[NH+]1CC2CC(C1)c1cccc(=O)n1C2. The first kappa shape index (κ1) is 12.4. The number of aliphatic carboxylic acids is 1. The Morgan fingerprint density at radius 1 is 1.42 bits per heavy atom. The maximum Gasteiger partial charge on any atom is 0.250 e. The molecule has 19 heavy (non-hydrogen) atoms. The van der Waals surface area contributed by atoms with E-state index >= 15 is 0 Å². The highest BCUT2D eigenvalue weighted by Gasteiger charge is 2.36. The van der Waals surface area contributed by atoms with E-state index in [2.05, 4.69) is 0 Å². The highest BCUT2D eigenvalue weighted by atomic mass is 16.4. The van der Waals surface area contributed by atoms with E-state index in [-0.39, 0.29) is 12.0 Å². The molecule has 0 saturated carbocycles. The van der Waals surface area contributed by atoms with Crippen LogP contribution in [0.2, 0.25) is 0 Å². The number of aromatic nitrogens is 1. The summed E-state index contributed by atoms with van der Waals surface area (Å²) in [6.45, 7) is 3.30. The van der Waals surface area contributed by atoms with Gasteiger partial charge in [-0.2, -0.15) is 0 Å². The Labute approximate surface area is 111 Å². The lowest BCUT2D eigenvalue weighted by atomic mass is 9.83. The van der Waals surface area contributed by atoms with Crippen molar-refractivity contribution >= 4 is 5.97 Å². The van der Waals surface area contributed by atoms with Gasteiger partial charge in [-0.1, -0.05) is 6.07 Å². The van der Waals surface area contributed by atoms with Crippen molar-refractivity contribution < 1.29 is 14.8 Å². The van der Waals surface area contributed by atoms with Gasteiger partial charge in [-0.15, -0.1) is 0 Å². The Morgan fingerprint density at radius 2 is 2.26 bits per heavy atom. The molecule has 0 spiro atoms. The van der Waals surface area contributed by atoms with Gasteiger partial charge in [-0.3, -0.25) is 4.79 Å². The molecule has 2 bridgehead atoms. The topological polar surface area (TPSA) is 66.6 Å². The van der Waals surface area contributed by atoms with Gasteiger partial charge < -0.3 is 19.4 Å². The van der Waals surface area contributed by atoms with E-state index in [0.29, 0.717) is 18.4 Å². The van der Waals surface area contributed by atoms with Crippen molar-refractivity contribution in [1.82, 2.24) is 4.57 Å². The zero-order valence-electron chi connectivity index (χ0n) is 10.8. The van der Waals surface area contributed by atoms with Crippen LogP contribution in [0.1, 0.15) is 24.5 Å². The summed E-state index contributed by atoms with van der Waals surface area (Å²) in [5.41, 5.74) is 1.21. The molecule has 1 N–H and O–H groups in total. The number of fused-ring (bicyclic) bond motifs is 4. The van der Waals surface area contributed by atoms with Gasteiger partial charge in [0.2, 0.25) is 0 Å². The lowest BCUT2D eigenvalue weighted by molar-refractivity contribution is -0.910. The largest absolute Gasteiger partial charge is 0.550 e. The third kappa shape index (κ3) is 2.42. The first-order valence-corrected chi connectivity index (χ1v) is 6.86. The maximum absolute atomic E-state index is 11.9. The fourth-order valence-electron chi connectivity index (χ4n) is 3.60. The number of carbonyl (C=O) groups excluding carboxylic acids is 1. The van der Waals surface area contributed by atoms with Gasteiger partial charge >= 0.3 is 0 Å². The summed E-state index contributed by atoms with van der Waals surface area (Å²) in [4.78, 5) is 23.8. The van der Waals surface area contributed by atoms with Crippen LogP contribution in [0.25, 0.3) is 0 Å². The molecular weight excluding hydrogens is 244 g/mol. The Balaban J connectivity index is 1.80. The van der Waals surface area contributed by atoms with Crippen LogP contribution in [0.15, 0.2) is 23.0 Å². The number of pyridine rings is 1. The molecule has 0 aliphatic carbocycles. The van der Waals surface area contributed by atoms with Gasteiger partial charge in [0.15, 0.2) is 0 Å². The average molecular weight is 262 g/mol. The van der Waals surface area contributed by atoms with Crippen LogP contribution in [-0.2, 0) is 11.3 Å². The van der Waals surface area contributed by atoms with Gasteiger partial charge in [0.25, 0.3) is 5.56 Å². The van der Waals surface area contributed by atoms with Crippen molar-refractivity contribution in [3.8, 4) is 0 Å². The predicted octanol–water partition coefficient (Wildman–Crippen LogP) is -2.01. The lowest BCUT2D eigenvalue weighted by Crippen LogP contribution is -3.14. The third-order valence-electron chi connectivity index (χ3n) is 4.36. The highest BCUT2D eigenvalue weighted by molar-refractivity contribution is 5.64. The average Bonchev–Trinajstić information content (AvgIpc) is 2.38. The van der Waals surface area contributed by atoms with Crippen LogP contribution in [-0.4, -0.2) is 30.2 Å². The molecule has 3 heterocycles. The van der Waals surface area contributed by atoms with Crippen molar-refractivity contribution in [3.63, 3.8) is 0 Å². The molecule has 5 heteroatoms. The van der Waals surface area contributed by atoms with Gasteiger partial charge in [-0.25, -0.2) is 0 Å². The Bertz CT molecular complexity index is 552. The van der Waals surface area contributed by atoms with Gasteiger partial charge in [0.1, 0.15) is 0 Å². The number of nitrogens with one attached hydrogen (secondary N) is 1. The standard InChI is InChI=1S/C14H18N2O3/c17-13-3-1-2-12-11-6-10(8-16(12)13)7-15(9-11)5-4-14(18)19/h1-3,10-11H,4-9H2,(H,18,19). The van der Waals surface area contributed by atoms with Crippen LogP contribution in [0.5, 0.6) is 0 Å². The molecule has 1 aromatic heterocycles. The minimum Gasteiger partial charge on any atom is -0.550 e. The second-order valence-electron chi connectivity index (χ2n) is 5.73. The molecule has 1 aromatic rings. The van der Waals surface area contributed by atoms with Crippen LogP contribution in [0, 0.1) is 5.92 Å². The fraction of sp³-hybridized carbons (Fsp3) is 0.571. The number of likely N-dealkylation sites (tertiary alicyclic amines) is 1. The number of carbonyl (C=O) groups is 1. The summed E-state index contributed by atoms with van der Waals surface area (Å²) in [5.74, 6) is -0.0962. The summed E-state index contributed by atoms with van der Waals surface area (Å²) >= 11 is 0. The van der Waals surface area contributed by atoms with Crippen LogP contribution in [0.3, 0.4) is 0 Å². The number of carboxylic acids is 1. The van der Waals surface area contributed by atoms with Crippen molar-refractivity contribution in [3.05, 3.63) is 34.2 Å². The number of rotatable bonds is 3. The molecule has 2 aliphatic heterocycles. The molecule has 0 aromatic carbocycles. The summed E-state index contributed by atoms with van der Waals surface area (Å²) in [6, 6.07) is 5.47. The quantitative estimate of drug-likeness (QED) is 0.684. The van der Waals surface area contributed by atoms with E-state index in [4.69, 9.17) is 0 Å². The Kier molecular flexibility index (Phi) is 3.14. The molecule has 3 rings (SSSR count). The number of hydrogen-bond acceptors (Lipinski definition) is 3. The molecule has 1 fully saturated rings. The molecule has 102 valence electrons. The second kappa shape index (κ2) is 4.81. The number of piperidine rings is 1. The molecule has 0 radical (unpaired) electrons. The van der Waals surface area contributed by atoms with E-state index < -0.39 is 5.97 Å². The summed E-state index contributed by atoms with van der Waals surface area (Å²) in [7, 11) is 0. The van der Waals surface area contributed by atoms with Crippen LogP contribution < -0.4 is 15.6 Å². The van der Waals surface area contributed by atoms with Crippen molar-refractivity contribution in [2.24, 2.45) is 5.92 Å². The molecule has 3 atom stereocenters. The lowest BCUT2D eigenvalue weighted by Gasteiger charge is -2.40. The third-order valence-corrected chi connectivity index (χ3v) is 4.36. The maximum atomic E-state index is 11.9. The summed E-state index contributed by atoms with van der Waals surface area (Å²) in [5, 5.41) is 10.6. The van der Waals surface area contributed by atoms with Gasteiger partial charge in [0.05, 0.1) is 19.6 Å². The van der Waals surface area contributed by atoms with E-state index in [1.807, 2.05) is 16.7 Å². The Hall–Kier alpha value is -1.62. The number of carboxylic acid groups (broad SMARTS) is 1. The first-order chi connectivity index (χ1) is 9.13. The Morgan fingerprint density at radius 3 is 3.05 bits per heavy atom. The highest BCUT2D eigenvalue weighted by Crippen LogP contribution is 2.29. The van der Waals surface area contributed by atoms with Gasteiger partial charge in [0, 0.05) is 42.5 Å². The smallest absolute Gasteiger partial charge is 0.250 e. The van der Waals surface area contributed by atoms with Crippen molar-refractivity contribution in [1.29, 1.82) is 0 Å². The van der Waals surface area contributed by atoms with E-state index in [9.17, 15) is 14.7 Å². The van der Waals surface area contributed by atoms with E-state index in [1.165, 1.54) is 4.90 Å². The molecule has 5 nitrogen and oxygen atoms in total. The number of hydrogen-bond donors (Lipinski definition) is 1. The minimum absolute atomic E-state index is 0.0883. The summed E-state index contributed by atoms with van der Waals surface area (Å²) < 4.78 is 1.90. The monoisotopic (exact) mass is 262 g/mol. The van der Waals surface area contributed by atoms with Crippen LogP contribution in [0.4, 0.5) is 0 Å². The summed E-state index contributed by atoms with van der Waals surface area (Å²) in [6.07, 6.45) is 1.24. The van der Waals surface area contributed by atoms with E-state index in [0.717, 1.165) is 31.7 Å². The second-order valence-corrected chi connectivity index (χ2v) is 5.73. The van der Waals surface area contributed by atoms with Gasteiger partial charge in [-0.05, 0) is 12.5 Å². The molecular formula is C14H18N2O3. The molecule has 2 aliphatic rings. The number of quaternary nitrogens is 1.